The molecule has 1 fully saturated rings. The van der Waals surface area contributed by atoms with Gasteiger partial charge in [-0.3, -0.25) is 14.4 Å². The molecule has 3 rings (SSSR count). The fourth-order valence-corrected chi connectivity index (χ4v) is 3.24. The Hall–Kier alpha value is -2.86. The zero-order valence-corrected chi connectivity index (χ0v) is 16.4. The predicted octanol–water partition coefficient (Wildman–Crippen LogP) is 2.39. The largest absolute Gasteiger partial charge is 0.348 e. The van der Waals surface area contributed by atoms with Crippen LogP contribution < -0.4 is 5.32 Å². The number of nitrogens with zero attached hydrogens (tertiary/aromatic N) is 2. The van der Waals surface area contributed by atoms with Gasteiger partial charge < -0.3 is 15.1 Å². The van der Waals surface area contributed by atoms with Gasteiger partial charge in [0.2, 0.25) is 5.91 Å². The van der Waals surface area contributed by atoms with E-state index in [1.54, 1.807) is 12.1 Å². The van der Waals surface area contributed by atoms with Crippen molar-refractivity contribution in [2.24, 2.45) is 0 Å². The van der Waals surface area contributed by atoms with Crippen LogP contribution in [0.1, 0.15) is 24.1 Å². The molecule has 1 unspecified atom stereocenters. The van der Waals surface area contributed by atoms with Crippen LogP contribution in [0.3, 0.4) is 0 Å². The van der Waals surface area contributed by atoms with Gasteiger partial charge in [-0.1, -0.05) is 54.1 Å². The van der Waals surface area contributed by atoms with E-state index in [-0.39, 0.29) is 18.5 Å². The fraction of sp³-hybridized carbons (Fsp3) is 0.286. The zero-order chi connectivity index (χ0) is 20.1. The van der Waals surface area contributed by atoms with Crippen molar-refractivity contribution in [2.45, 2.75) is 19.5 Å². The number of carbonyl (C=O) groups excluding carboxylic acids is 3. The van der Waals surface area contributed by atoms with Crippen LogP contribution in [0.25, 0.3) is 0 Å². The van der Waals surface area contributed by atoms with Gasteiger partial charge in [0, 0.05) is 24.7 Å². The number of nitrogens with one attached hydrogen (secondary N) is 1. The van der Waals surface area contributed by atoms with E-state index in [1.807, 2.05) is 49.4 Å². The normalized spacial score (nSPS) is 15.5. The highest BCUT2D eigenvalue weighted by Gasteiger charge is 2.33. The van der Waals surface area contributed by atoms with Crippen molar-refractivity contribution in [3.63, 3.8) is 0 Å². The molecule has 0 aromatic heterocycles. The first-order chi connectivity index (χ1) is 13.4. The number of carbonyl (C=O) groups is 3. The Labute approximate surface area is 169 Å². The highest BCUT2D eigenvalue weighted by atomic mass is 35.5. The Kier molecular flexibility index (Phi) is 6.31. The molecule has 1 saturated heterocycles. The number of piperazine rings is 1. The summed E-state index contributed by atoms with van der Waals surface area (Å²) in [7, 11) is 0. The van der Waals surface area contributed by atoms with Crippen molar-refractivity contribution >= 4 is 29.3 Å². The molecule has 1 heterocycles. The first kappa shape index (κ1) is 19.9. The number of hydrogen-bond donors (Lipinski definition) is 1. The van der Waals surface area contributed by atoms with Crippen molar-refractivity contribution in [2.75, 3.05) is 19.6 Å². The van der Waals surface area contributed by atoms with Crippen molar-refractivity contribution < 1.29 is 14.4 Å². The van der Waals surface area contributed by atoms with Gasteiger partial charge in [-0.15, -0.1) is 0 Å². The molecule has 3 amide bonds. The molecule has 1 aliphatic heterocycles. The van der Waals surface area contributed by atoms with E-state index in [2.05, 4.69) is 5.32 Å². The molecule has 0 spiro atoms. The zero-order valence-electron chi connectivity index (χ0n) is 15.6. The molecular formula is C21H22ClN3O3. The standard InChI is InChI=1S/C21H22ClN3O3/c1-15(17-5-3-2-4-6-17)23-19(26)14-25-12-11-24(20(27)21(25)28)13-16-7-9-18(22)10-8-16/h2-10,15H,11-14H2,1H3,(H,23,26). The number of amides is 3. The molecule has 2 aromatic carbocycles. The van der Waals surface area contributed by atoms with E-state index >= 15 is 0 Å². The molecule has 0 saturated carbocycles. The van der Waals surface area contributed by atoms with E-state index in [0.717, 1.165) is 11.1 Å². The summed E-state index contributed by atoms with van der Waals surface area (Å²) >= 11 is 5.87. The number of halogens is 1. The molecule has 1 atom stereocenters. The van der Waals surface area contributed by atoms with Gasteiger partial charge in [-0.05, 0) is 30.2 Å². The SMILES string of the molecule is CC(NC(=O)CN1CCN(Cc2ccc(Cl)cc2)C(=O)C1=O)c1ccccc1. The number of hydrogen-bond acceptors (Lipinski definition) is 3. The summed E-state index contributed by atoms with van der Waals surface area (Å²) in [5.74, 6) is -1.53. The van der Waals surface area contributed by atoms with Crippen LogP contribution in [0, 0.1) is 0 Å². The van der Waals surface area contributed by atoms with E-state index in [0.29, 0.717) is 24.7 Å². The Balaban J connectivity index is 1.54. The quantitative estimate of drug-likeness (QED) is 0.758. The molecule has 1 aliphatic rings. The van der Waals surface area contributed by atoms with Crippen LogP contribution >= 0.6 is 11.6 Å². The average molecular weight is 400 g/mol. The second-order valence-corrected chi connectivity index (χ2v) is 7.22. The Morgan fingerprint density at radius 1 is 1.00 bits per heavy atom. The summed E-state index contributed by atoms with van der Waals surface area (Å²) in [6.07, 6.45) is 0. The lowest BCUT2D eigenvalue weighted by molar-refractivity contribution is -0.157. The summed E-state index contributed by atoms with van der Waals surface area (Å²) < 4.78 is 0. The second-order valence-electron chi connectivity index (χ2n) is 6.78. The maximum Gasteiger partial charge on any atom is 0.312 e. The minimum absolute atomic E-state index is 0.128. The maximum atomic E-state index is 12.4. The van der Waals surface area contributed by atoms with E-state index in [1.165, 1.54) is 9.80 Å². The molecule has 0 radical (unpaired) electrons. The van der Waals surface area contributed by atoms with Gasteiger partial charge in [0.05, 0.1) is 6.04 Å². The molecule has 6 nitrogen and oxygen atoms in total. The summed E-state index contributed by atoms with van der Waals surface area (Å²) in [5.41, 5.74) is 1.87. The third-order valence-electron chi connectivity index (χ3n) is 4.70. The van der Waals surface area contributed by atoms with Crippen molar-refractivity contribution in [1.29, 1.82) is 0 Å². The first-order valence-electron chi connectivity index (χ1n) is 9.11. The molecule has 28 heavy (non-hydrogen) atoms. The van der Waals surface area contributed by atoms with Crippen molar-refractivity contribution in [1.82, 2.24) is 15.1 Å². The van der Waals surface area contributed by atoms with Crippen LogP contribution in [0.4, 0.5) is 0 Å². The van der Waals surface area contributed by atoms with Gasteiger partial charge in [0.15, 0.2) is 0 Å². The summed E-state index contributed by atoms with van der Waals surface area (Å²) in [6.45, 7) is 2.80. The Morgan fingerprint density at radius 2 is 1.61 bits per heavy atom. The van der Waals surface area contributed by atoms with Gasteiger partial charge >= 0.3 is 11.8 Å². The lowest BCUT2D eigenvalue weighted by Gasteiger charge is -2.33. The molecule has 2 aromatic rings. The van der Waals surface area contributed by atoms with Crippen LogP contribution in [0.15, 0.2) is 54.6 Å². The molecule has 7 heteroatoms. The molecule has 1 N–H and O–H groups in total. The van der Waals surface area contributed by atoms with Gasteiger partial charge in [-0.25, -0.2) is 0 Å². The number of benzene rings is 2. The molecule has 0 aliphatic carbocycles. The van der Waals surface area contributed by atoms with E-state index in [4.69, 9.17) is 11.6 Å². The highest BCUT2D eigenvalue weighted by molar-refractivity contribution is 6.35. The van der Waals surface area contributed by atoms with Crippen LogP contribution in [0.5, 0.6) is 0 Å². The number of rotatable bonds is 6. The highest BCUT2D eigenvalue weighted by Crippen LogP contribution is 2.15. The predicted molar refractivity (Wildman–Crippen MR) is 106 cm³/mol. The monoisotopic (exact) mass is 399 g/mol. The smallest absolute Gasteiger partial charge is 0.312 e. The Bertz CT molecular complexity index is 855. The van der Waals surface area contributed by atoms with Gasteiger partial charge in [0.1, 0.15) is 6.54 Å². The minimum atomic E-state index is -0.650. The topological polar surface area (TPSA) is 69.7 Å². The van der Waals surface area contributed by atoms with E-state index in [9.17, 15) is 14.4 Å². The summed E-state index contributed by atoms with van der Waals surface area (Å²) in [4.78, 5) is 39.9. The summed E-state index contributed by atoms with van der Waals surface area (Å²) in [5, 5.41) is 3.48. The third kappa shape index (κ3) is 4.89. The lowest BCUT2D eigenvalue weighted by atomic mass is 10.1. The van der Waals surface area contributed by atoms with Crippen LogP contribution in [0.2, 0.25) is 5.02 Å². The molecular weight excluding hydrogens is 378 g/mol. The van der Waals surface area contributed by atoms with Crippen molar-refractivity contribution in [3.8, 4) is 0 Å². The first-order valence-corrected chi connectivity index (χ1v) is 9.49. The summed E-state index contributed by atoms with van der Waals surface area (Å²) in [6, 6.07) is 16.5. The molecule has 146 valence electrons. The second kappa shape index (κ2) is 8.89. The average Bonchev–Trinajstić information content (AvgIpc) is 2.70. The maximum absolute atomic E-state index is 12.4. The molecule has 0 bridgehead atoms. The fourth-order valence-electron chi connectivity index (χ4n) is 3.11. The minimum Gasteiger partial charge on any atom is -0.348 e. The van der Waals surface area contributed by atoms with Crippen molar-refractivity contribution in [3.05, 3.63) is 70.7 Å². The van der Waals surface area contributed by atoms with Crippen LogP contribution in [-0.4, -0.2) is 47.2 Å². The lowest BCUT2D eigenvalue weighted by Crippen LogP contribution is -2.56. The Morgan fingerprint density at radius 3 is 2.29 bits per heavy atom. The van der Waals surface area contributed by atoms with Gasteiger partial charge in [-0.2, -0.15) is 0 Å². The third-order valence-corrected chi connectivity index (χ3v) is 4.95. The van der Waals surface area contributed by atoms with Gasteiger partial charge in [0.25, 0.3) is 0 Å². The van der Waals surface area contributed by atoms with Crippen LogP contribution in [-0.2, 0) is 20.9 Å². The van der Waals surface area contributed by atoms with E-state index < -0.39 is 11.8 Å².